The van der Waals surface area contributed by atoms with E-state index in [1.807, 2.05) is 19.2 Å². The third kappa shape index (κ3) is 6.19. The zero-order chi connectivity index (χ0) is 14.8. The Bertz CT molecular complexity index is 389. The fourth-order valence-corrected chi connectivity index (χ4v) is 2.39. The normalized spacial score (nSPS) is 12.6. The van der Waals surface area contributed by atoms with Gasteiger partial charge in [0, 0.05) is 55.2 Å². The second-order valence-electron chi connectivity index (χ2n) is 4.70. The molecule has 0 saturated heterocycles. The van der Waals surface area contributed by atoms with Crippen molar-refractivity contribution in [1.29, 1.82) is 0 Å². The Morgan fingerprint density at radius 2 is 1.90 bits per heavy atom. The summed E-state index contributed by atoms with van der Waals surface area (Å²) < 4.78 is 0.976. The summed E-state index contributed by atoms with van der Waals surface area (Å²) >= 11 is 3.46. The van der Waals surface area contributed by atoms with E-state index in [0.717, 1.165) is 42.8 Å². The Morgan fingerprint density at radius 1 is 1.20 bits per heavy atom. The minimum atomic E-state index is 0.205. The second kappa shape index (κ2) is 10.1. The molecule has 0 heterocycles. The molecule has 1 aromatic rings. The highest BCUT2D eigenvalue weighted by atomic mass is 79.9. The van der Waals surface area contributed by atoms with Crippen LogP contribution in [-0.4, -0.2) is 51.4 Å². The van der Waals surface area contributed by atoms with Crippen molar-refractivity contribution < 1.29 is 5.11 Å². The van der Waals surface area contributed by atoms with Gasteiger partial charge in [-0.15, -0.1) is 0 Å². The van der Waals surface area contributed by atoms with E-state index in [4.69, 9.17) is 5.73 Å². The SMILES string of the molecule is CNCCNCC(CNCCN)c1cc(Br)ccc1O. The number of phenolic OH excluding ortho intramolecular Hbond substituents is 1. The van der Waals surface area contributed by atoms with Crippen molar-refractivity contribution in [2.75, 3.05) is 46.3 Å². The van der Waals surface area contributed by atoms with Gasteiger partial charge in [0.2, 0.25) is 0 Å². The highest BCUT2D eigenvalue weighted by molar-refractivity contribution is 9.10. The monoisotopic (exact) mass is 344 g/mol. The fourth-order valence-electron chi connectivity index (χ4n) is 2.01. The minimum Gasteiger partial charge on any atom is -0.508 e. The van der Waals surface area contributed by atoms with Crippen molar-refractivity contribution in [3.05, 3.63) is 28.2 Å². The molecule has 0 saturated carbocycles. The van der Waals surface area contributed by atoms with Gasteiger partial charge in [-0.25, -0.2) is 0 Å². The maximum absolute atomic E-state index is 10.1. The number of hydrogen-bond donors (Lipinski definition) is 5. The van der Waals surface area contributed by atoms with Gasteiger partial charge in [-0.1, -0.05) is 15.9 Å². The number of likely N-dealkylation sites (N-methyl/N-ethyl adjacent to an activating group) is 1. The number of phenols is 1. The highest BCUT2D eigenvalue weighted by Gasteiger charge is 2.15. The van der Waals surface area contributed by atoms with E-state index >= 15 is 0 Å². The molecule has 6 heteroatoms. The van der Waals surface area contributed by atoms with Gasteiger partial charge in [0.05, 0.1) is 0 Å². The van der Waals surface area contributed by atoms with Gasteiger partial charge in [-0.2, -0.15) is 0 Å². The smallest absolute Gasteiger partial charge is 0.119 e. The Labute approximate surface area is 129 Å². The van der Waals surface area contributed by atoms with Crippen molar-refractivity contribution in [3.63, 3.8) is 0 Å². The van der Waals surface area contributed by atoms with Crippen LogP contribution >= 0.6 is 15.9 Å². The van der Waals surface area contributed by atoms with Crippen LogP contribution in [0.5, 0.6) is 5.75 Å². The van der Waals surface area contributed by atoms with Crippen LogP contribution in [0.3, 0.4) is 0 Å². The summed E-state index contributed by atoms with van der Waals surface area (Å²) in [5.74, 6) is 0.541. The summed E-state index contributed by atoms with van der Waals surface area (Å²) in [7, 11) is 1.93. The molecule has 0 fully saturated rings. The first-order valence-corrected chi connectivity index (χ1v) is 7.72. The van der Waals surface area contributed by atoms with Crippen molar-refractivity contribution in [2.24, 2.45) is 5.73 Å². The standard InChI is InChI=1S/C14H25BrN4O/c1-17-6-7-19-10-11(9-18-5-4-16)13-8-12(15)2-3-14(13)20/h2-3,8,11,17-20H,4-7,9-10,16H2,1H3. The number of hydrogen-bond acceptors (Lipinski definition) is 5. The van der Waals surface area contributed by atoms with Crippen molar-refractivity contribution >= 4 is 15.9 Å². The van der Waals surface area contributed by atoms with Crippen molar-refractivity contribution in [1.82, 2.24) is 16.0 Å². The maximum atomic E-state index is 10.1. The van der Waals surface area contributed by atoms with Gasteiger partial charge in [-0.3, -0.25) is 0 Å². The molecule has 0 spiro atoms. The topological polar surface area (TPSA) is 82.3 Å². The molecular weight excluding hydrogens is 320 g/mol. The summed E-state index contributed by atoms with van der Waals surface area (Å²) in [5.41, 5.74) is 6.45. The number of nitrogens with two attached hydrogens (primary N) is 1. The fraction of sp³-hybridized carbons (Fsp3) is 0.571. The maximum Gasteiger partial charge on any atom is 0.119 e. The van der Waals surface area contributed by atoms with Gasteiger partial charge in [0.25, 0.3) is 0 Å². The number of aromatic hydroxyl groups is 1. The molecular formula is C14H25BrN4O. The van der Waals surface area contributed by atoms with Gasteiger partial charge in [0.15, 0.2) is 0 Å². The first-order chi connectivity index (χ1) is 9.69. The molecule has 0 amide bonds. The van der Waals surface area contributed by atoms with Crippen LogP contribution in [-0.2, 0) is 0 Å². The first-order valence-electron chi connectivity index (χ1n) is 6.93. The lowest BCUT2D eigenvalue weighted by molar-refractivity contribution is 0.450. The second-order valence-corrected chi connectivity index (χ2v) is 5.62. The Hall–Kier alpha value is -0.660. The average Bonchev–Trinajstić information content (AvgIpc) is 2.44. The van der Waals surface area contributed by atoms with E-state index in [1.165, 1.54) is 0 Å². The summed E-state index contributed by atoms with van der Waals surface area (Å²) in [6.45, 7) is 4.81. The minimum absolute atomic E-state index is 0.205. The van der Waals surface area contributed by atoms with E-state index in [9.17, 15) is 5.11 Å². The molecule has 1 rings (SSSR count). The van der Waals surface area contributed by atoms with Crippen LogP contribution in [0, 0.1) is 0 Å². The summed E-state index contributed by atoms with van der Waals surface area (Å²) in [5, 5.41) is 19.9. The number of benzene rings is 1. The highest BCUT2D eigenvalue weighted by Crippen LogP contribution is 2.28. The number of nitrogens with one attached hydrogen (secondary N) is 3. The first kappa shape index (κ1) is 17.4. The van der Waals surface area contributed by atoms with Crippen LogP contribution in [0.2, 0.25) is 0 Å². The molecule has 1 atom stereocenters. The lowest BCUT2D eigenvalue weighted by atomic mass is 9.98. The van der Waals surface area contributed by atoms with Crippen LogP contribution in [0.1, 0.15) is 11.5 Å². The molecule has 20 heavy (non-hydrogen) atoms. The molecule has 1 unspecified atom stereocenters. The Balaban J connectivity index is 2.66. The van der Waals surface area contributed by atoms with Crippen molar-refractivity contribution in [3.8, 4) is 5.75 Å². The lowest BCUT2D eigenvalue weighted by Gasteiger charge is -2.20. The van der Waals surface area contributed by atoms with Crippen LogP contribution in [0.15, 0.2) is 22.7 Å². The Morgan fingerprint density at radius 3 is 2.55 bits per heavy atom. The van der Waals surface area contributed by atoms with Gasteiger partial charge < -0.3 is 26.8 Å². The third-order valence-electron chi connectivity index (χ3n) is 3.08. The van der Waals surface area contributed by atoms with E-state index in [0.29, 0.717) is 12.3 Å². The number of halogens is 1. The molecule has 0 aromatic heterocycles. The summed E-state index contributed by atoms with van der Waals surface area (Å²) in [6.07, 6.45) is 0. The molecule has 114 valence electrons. The molecule has 6 N–H and O–H groups in total. The average molecular weight is 345 g/mol. The zero-order valence-corrected chi connectivity index (χ0v) is 13.5. The summed E-state index contributed by atoms with van der Waals surface area (Å²) in [6, 6.07) is 5.55. The molecule has 0 bridgehead atoms. The van der Waals surface area contributed by atoms with Gasteiger partial charge in [-0.05, 0) is 25.2 Å². The summed E-state index contributed by atoms with van der Waals surface area (Å²) in [4.78, 5) is 0. The van der Waals surface area contributed by atoms with Gasteiger partial charge in [0.1, 0.15) is 5.75 Å². The van der Waals surface area contributed by atoms with Crippen LogP contribution in [0.25, 0.3) is 0 Å². The quantitative estimate of drug-likeness (QED) is 0.401. The van der Waals surface area contributed by atoms with E-state index in [2.05, 4.69) is 31.9 Å². The molecule has 1 aromatic carbocycles. The predicted molar refractivity (Wildman–Crippen MR) is 87.3 cm³/mol. The van der Waals surface area contributed by atoms with E-state index in [1.54, 1.807) is 6.07 Å². The van der Waals surface area contributed by atoms with E-state index in [-0.39, 0.29) is 5.92 Å². The molecule has 0 radical (unpaired) electrons. The largest absolute Gasteiger partial charge is 0.508 e. The molecule has 5 nitrogen and oxygen atoms in total. The van der Waals surface area contributed by atoms with E-state index < -0.39 is 0 Å². The Kier molecular flexibility index (Phi) is 8.80. The lowest BCUT2D eigenvalue weighted by Crippen LogP contribution is -2.34. The molecule has 0 aliphatic rings. The predicted octanol–water partition coefficient (Wildman–Crippen LogP) is 0.596. The molecule has 0 aliphatic heterocycles. The zero-order valence-electron chi connectivity index (χ0n) is 12.0. The number of rotatable bonds is 10. The van der Waals surface area contributed by atoms with Crippen molar-refractivity contribution in [2.45, 2.75) is 5.92 Å². The molecule has 0 aliphatic carbocycles. The van der Waals surface area contributed by atoms with Crippen LogP contribution in [0.4, 0.5) is 0 Å². The third-order valence-corrected chi connectivity index (χ3v) is 3.58. The van der Waals surface area contributed by atoms with Gasteiger partial charge >= 0.3 is 0 Å². The van der Waals surface area contributed by atoms with Crippen LogP contribution < -0.4 is 21.7 Å².